The number of nitrogens with zero attached hydrogens (tertiary/aromatic N) is 5. The molecule has 0 saturated heterocycles. The second-order valence-electron chi connectivity index (χ2n) is 9.54. The zero-order valence-electron chi connectivity index (χ0n) is 24.3. The van der Waals surface area contributed by atoms with Gasteiger partial charge in [0.1, 0.15) is 0 Å². The molecule has 19 heteroatoms. The van der Waals surface area contributed by atoms with Crippen LogP contribution in [0.3, 0.4) is 0 Å². The summed E-state index contributed by atoms with van der Waals surface area (Å²) in [5, 5.41) is 39.1. The lowest BCUT2D eigenvalue weighted by atomic mass is 10.3. The molecule has 0 aliphatic heterocycles. The molecule has 0 saturated carbocycles. The number of carbonyl (C=O) groups excluding carboxylic acids is 5. The van der Waals surface area contributed by atoms with Crippen LogP contribution in [0.4, 0.5) is 0 Å². The summed E-state index contributed by atoms with van der Waals surface area (Å²) in [6.45, 7) is -0.936. The first-order valence-corrected chi connectivity index (χ1v) is 13.7. The molecule has 0 unspecified atom stereocenters. The topological polar surface area (TPSA) is 317 Å². The largest absolute Gasteiger partial charge is 0.549 e. The summed E-state index contributed by atoms with van der Waals surface area (Å²) < 4.78 is 0. The number of guanidine groups is 2. The number of hydrogen-bond donors (Lipinski definition) is 6. The van der Waals surface area contributed by atoms with E-state index in [0.717, 1.165) is 0 Å². The fourth-order valence-corrected chi connectivity index (χ4v) is 3.67. The van der Waals surface area contributed by atoms with Gasteiger partial charge < -0.3 is 63.3 Å². The smallest absolute Gasteiger partial charge is 0.234 e. The summed E-state index contributed by atoms with van der Waals surface area (Å²) in [5.74, 6) is -5.24. The number of aliphatic imine (C=N–C) groups is 2. The van der Waals surface area contributed by atoms with Crippen molar-refractivity contribution in [3.05, 3.63) is 0 Å². The average molecular weight is 615 g/mol. The van der Waals surface area contributed by atoms with E-state index in [1.165, 1.54) is 14.7 Å². The van der Waals surface area contributed by atoms with Crippen molar-refractivity contribution in [2.75, 3.05) is 85.1 Å². The van der Waals surface area contributed by atoms with E-state index in [2.05, 4.69) is 20.6 Å². The molecule has 0 spiro atoms. The molecular weight excluding hydrogens is 570 g/mol. The summed E-state index contributed by atoms with van der Waals surface area (Å²) in [6, 6.07) is 0. The Labute approximate surface area is 250 Å². The lowest BCUT2D eigenvalue weighted by molar-refractivity contribution is -0.308. The minimum Gasteiger partial charge on any atom is -0.549 e. The van der Waals surface area contributed by atoms with Crippen LogP contribution in [0.5, 0.6) is 0 Å². The molecule has 0 bridgehead atoms. The number of carbonyl (C=O) groups is 5. The van der Waals surface area contributed by atoms with E-state index in [0.29, 0.717) is 51.9 Å². The van der Waals surface area contributed by atoms with Crippen molar-refractivity contribution in [3.63, 3.8) is 0 Å². The highest BCUT2D eigenvalue weighted by Crippen LogP contribution is 1.97. The molecule has 0 heterocycles. The molecule has 0 aliphatic carbocycles. The second-order valence-corrected chi connectivity index (χ2v) is 9.54. The SMILES string of the molecule is NC(N)=NCCCCNC(=O)CN(CCN(CCN(CC(=O)[O-])CC(=O)NCCCCN=C(N)N)CC(=O)[O-])CC(=O)[O-]. The van der Waals surface area contributed by atoms with Gasteiger partial charge in [-0.2, -0.15) is 0 Å². The maximum absolute atomic E-state index is 12.3. The Morgan fingerprint density at radius 1 is 0.512 bits per heavy atom. The number of aliphatic carboxylic acids is 3. The van der Waals surface area contributed by atoms with E-state index in [1.54, 1.807) is 0 Å². The second kappa shape index (κ2) is 23.3. The molecular formula is C24H44N11O8-3. The first-order valence-electron chi connectivity index (χ1n) is 13.7. The quantitative estimate of drug-likeness (QED) is 0.0299. The van der Waals surface area contributed by atoms with Gasteiger partial charge in [-0.25, -0.2) is 0 Å². The highest BCUT2D eigenvalue weighted by atomic mass is 16.4. The van der Waals surface area contributed by atoms with Crippen molar-refractivity contribution in [1.82, 2.24) is 25.3 Å². The minimum atomic E-state index is -1.43. The highest BCUT2D eigenvalue weighted by molar-refractivity contribution is 5.79. The molecule has 0 rings (SSSR count). The number of nitrogens with one attached hydrogen (secondary N) is 2. The van der Waals surface area contributed by atoms with Gasteiger partial charge in [-0.15, -0.1) is 0 Å². The van der Waals surface area contributed by atoms with Crippen LogP contribution >= 0.6 is 0 Å². The van der Waals surface area contributed by atoms with Crippen LogP contribution in [0.1, 0.15) is 25.7 Å². The van der Waals surface area contributed by atoms with Crippen LogP contribution in [0.25, 0.3) is 0 Å². The molecule has 0 radical (unpaired) electrons. The summed E-state index contributed by atoms with van der Waals surface area (Å²) >= 11 is 0. The normalized spacial score (nSPS) is 10.9. The zero-order chi connectivity index (χ0) is 32.6. The van der Waals surface area contributed by atoms with E-state index < -0.39 is 49.4 Å². The molecule has 0 aromatic carbocycles. The lowest BCUT2D eigenvalue weighted by Gasteiger charge is -2.30. The van der Waals surface area contributed by atoms with Gasteiger partial charge in [0.2, 0.25) is 11.8 Å². The molecule has 0 fully saturated rings. The Kier molecular flexibility index (Phi) is 21.0. The number of nitrogens with two attached hydrogens (primary N) is 4. The third-order valence-electron chi connectivity index (χ3n) is 5.66. The highest BCUT2D eigenvalue weighted by Gasteiger charge is 2.16. The molecule has 246 valence electrons. The van der Waals surface area contributed by atoms with Crippen LogP contribution in [0.15, 0.2) is 9.98 Å². The first-order chi connectivity index (χ1) is 20.3. The number of unbranched alkanes of at least 4 members (excludes halogenated alkanes) is 2. The summed E-state index contributed by atoms with van der Waals surface area (Å²) in [6.07, 6.45) is 2.41. The molecule has 0 aliphatic rings. The van der Waals surface area contributed by atoms with E-state index in [-0.39, 0.29) is 51.2 Å². The van der Waals surface area contributed by atoms with Gasteiger partial charge in [-0.05, 0) is 25.7 Å². The Morgan fingerprint density at radius 3 is 1.16 bits per heavy atom. The van der Waals surface area contributed by atoms with Gasteiger partial charge in [-0.3, -0.25) is 34.3 Å². The predicted molar refractivity (Wildman–Crippen MR) is 150 cm³/mol. The fourth-order valence-electron chi connectivity index (χ4n) is 3.67. The van der Waals surface area contributed by atoms with Crippen molar-refractivity contribution in [3.8, 4) is 0 Å². The molecule has 0 aromatic rings. The van der Waals surface area contributed by atoms with E-state index >= 15 is 0 Å². The van der Waals surface area contributed by atoms with Crippen LogP contribution < -0.4 is 48.9 Å². The summed E-state index contributed by atoms with van der Waals surface area (Å²) in [5.41, 5.74) is 21.0. The van der Waals surface area contributed by atoms with Crippen LogP contribution in [-0.2, 0) is 24.0 Å². The molecule has 19 nitrogen and oxygen atoms in total. The molecule has 0 atom stereocenters. The van der Waals surface area contributed by atoms with Gasteiger partial charge in [0.25, 0.3) is 0 Å². The predicted octanol–water partition coefficient (Wildman–Crippen LogP) is -8.52. The van der Waals surface area contributed by atoms with Crippen molar-refractivity contribution < 1.29 is 39.3 Å². The molecule has 2 amide bonds. The molecule has 10 N–H and O–H groups in total. The maximum Gasteiger partial charge on any atom is 0.234 e. The number of amides is 2. The third-order valence-corrected chi connectivity index (χ3v) is 5.66. The zero-order valence-corrected chi connectivity index (χ0v) is 24.3. The Bertz CT molecular complexity index is 874. The molecule has 43 heavy (non-hydrogen) atoms. The van der Waals surface area contributed by atoms with E-state index in [4.69, 9.17) is 22.9 Å². The van der Waals surface area contributed by atoms with Crippen molar-refractivity contribution in [1.29, 1.82) is 0 Å². The van der Waals surface area contributed by atoms with Crippen molar-refractivity contribution in [2.45, 2.75) is 25.7 Å². The monoisotopic (exact) mass is 614 g/mol. The van der Waals surface area contributed by atoms with Gasteiger partial charge in [0.05, 0.1) is 31.0 Å². The average Bonchev–Trinajstić information content (AvgIpc) is 2.88. The summed E-state index contributed by atoms with van der Waals surface area (Å²) in [4.78, 5) is 69.9. The Hall–Kier alpha value is -4.23. The van der Waals surface area contributed by atoms with Crippen LogP contribution in [-0.4, -0.2) is 141 Å². The Morgan fingerprint density at radius 2 is 0.837 bits per heavy atom. The standard InChI is InChI=1S/C24H47N11O8/c25-23(26)31-7-3-1-5-29-18(36)13-34(16-21(40)41)11-9-33(15-20(38)39)10-12-35(17-22(42)43)14-19(37)30-6-2-4-8-32-24(27)28/h1-17H2,(H,29,36)(H,30,37)(H,38,39)(H,40,41)(H,42,43)(H4,25,26,31)(H4,27,28,32)/p-3. The van der Waals surface area contributed by atoms with E-state index in [1.807, 2.05) is 0 Å². The van der Waals surface area contributed by atoms with Gasteiger partial charge >= 0.3 is 0 Å². The third kappa shape index (κ3) is 25.2. The first kappa shape index (κ1) is 38.8. The van der Waals surface area contributed by atoms with Crippen molar-refractivity contribution >= 4 is 41.6 Å². The minimum absolute atomic E-state index is 0.00575. The molecule has 0 aromatic heterocycles. The lowest BCUT2D eigenvalue weighted by Crippen LogP contribution is -2.50. The van der Waals surface area contributed by atoms with Crippen molar-refractivity contribution in [2.24, 2.45) is 32.9 Å². The number of carboxylic acids is 3. The fraction of sp³-hybridized carbons (Fsp3) is 0.708. The Balaban J connectivity index is 4.93. The van der Waals surface area contributed by atoms with Crippen LogP contribution in [0, 0.1) is 0 Å². The van der Waals surface area contributed by atoms with E-state index in [9.17, 15) is 39.3 Å². The number of carboxylic acid groups (broad SMARTS) is 3. The van der Waals surface area contributed by atoms with Gasteiger partial charge in [-0.1, -0.05) is 0 Å². The van der Waals surface area contributed by atoms with Gasteiger partial charge in [0, 0.05) is 72.0 Å². The number of rotatable bonds is 26. The number of hydrogen-bond acceptors (Lipinski definition) is 13. The summed E-state index contributed by atoms with van der Waals surface area (Å²) in [7, 11) is 0. The van der Waals surface area contributed by atoms with Gasteiger partial charge in [0.15, 0.2) is 11.9 Å². The van der Waals surface area contributed by atoms with Crippen LogP contribution in [0.2, 0.25) is 0 Å². The maximum atomic E-state index is 12.3.